The van der Waals surface area contributed by atoms with Crippen LogP contribution in [0.2, 0.25) is 5.02 Å². The molecule has 0 atom stereocenters. The third-order valence-corrected chi connectivity index (χ3v) is 4.84. The first kappa shape index (κ1) is 21.9. The van der Waals surface area contributed by atoms with Crippen LogP contribution in [0.4, 0.5) is 11.4 Å². The topological polar surface area (TPSA) is 67.4 Å². The summed E-state index contributed by atoms with van der Waals surface area (Å²) in [4.78, 5) is 25.4. The van der Waals surface area contributed by atoms with E-state index in [0.717, 1.165) is 10.9 Å². The van der Waals surface area contributed by atoms with E-state index in [9.17, 15) is 9.59 Å². The van der Waals surface area contributed by atoms with Crippen molar-refractivity contribution in [3.8, 4) is 5.75 Å². The normalized spacial score (nSPS) is 10.4. The van der Waals surface area contributed by atoms with Crippen LogP contribution in [0.3, 0.4) is 0 Å². The number of nitrogens with one attached hydrogen (secondary N) is 2. The largest absolute Gasteiger partial charge is 0.493 e. The van der Waals surface area contributed by atoms with E-state index in [1.54, 1.807) is 60.7 Å². The SMILES string of the molecule is CCCOc1ccc(Br)cc1C(=O)Nc1cccc(C(=O)Nc2cccc(Cl)c2)c1. The maximum absolute atomic E-state index is 12.8. The van der Waals surface area contributed by atoms with Gasteiger partial charge in [0.05, 0.1) is 12.2 Å². The average Bonchev–Trinajstić information content (AvgIpc) is 2.73. The van der Waals surface area contributed by atoms with Gasteiger partial charge in [0.15, 0.2) is 0 Å². The predicted molar refractivity (Wildman–Crippen MR) is 124 cm³/mol. The van der Waals surface area contributed by atoms with Crippen molar-refractivity contribution in [2.24, 2.45) is 0 Å². The Morgan fingerprint density at radius 1 is 0.933 bits per heavy atom. The standard InChI is InChI=1S/C23H20BrClN2O3/c1-2-11-30-21-10-9-16(24)13-20(21)23(29)27-18-7-3-5-15(12-18)22(28)26-19-8-4-6-17(25)14-19/h3-10,12-14H,2,11H2,1H3,(H,26,28)(H,27,29). The molecule has 0 radical (unpaired) electrons. The Morgan fingerprint density at radius 2 is 1.63 bits per heavy atom. The second kappa shape index (κ2) is 10.3. The lowest BCUT2D eigenvalue weighted by Crippen LogP contribution is -2.15. The summed E-state index contributed by atoms with van der Waals surface area (Å²) in [5.74, 6) is -0.120. The summed E-state index contributed by atoms with van der Waals surface area (Å²) < 4.78 is 6.45. The molecular formula is C23H20BrClN2O3. The number of anilines is 2. The van der Waals surface area contributed by atoms with Gasteiger partial charge in [-0.3, -0.25) is 9.59 Å². The van der Waals surface area contributed by atoms with E-state index in [-0.39, 0.29) is 11.8 Å². The lowest BCUT2D eigenvalue weighted by molar-refractivity contribution is 0.101. The van der Waals surface area contributed by atoms with Crippen molar-refractivity contribution < 1.29 is 14.3 Å². The second-order valence-corrected chi connectivity index (χ2v) is 7.84. The molecule has 0 aliphatic rings. The van der Waals surface area contributed by atoms with E-state index >= 15 is 0 Å². The van der Waals surface area contributed by atoms with Crippen LogP contribution >= 0.6 is 27.5 Å². The van der Waals surface area contributed by atoms with E-state index in [2.05, 4.69) is 26.6 Å². The molecule has 0 saturated carbocycles. The number of benzene rings is 3. The van der Waals surface area contributed by atoms with E-state index in [0.29, 0.717) is 39.9 Å². The van der Waals surface area contributed by atoms with Crippen LogP contribution in [0.25, 0.3) is 0 Å². The van der Waals surface area contributed by atoms with Crippen LogP contribution < -0.4 is 15.4 Å². The summed E-state index contributed by atoms with van der Waals surface area (Å²) >= 11 is 9.35. The van der Waals surface area contributed by atoms with Gasteiger partial charge in [0.2, 0.25) is 0 Å². The van der Waals surface area contributed by atoms with Crippen molar-refractivity contribution in [1.29, 1.82) is 0 Å². The van der Waals surface area contributed by atoms with Crippen molar-refractivity contribution in [1.82, 2.24) is 0 Å². The van der Waals surface area contributed by atoms with Gasteiger partial charge in [-0.1, -0.05) is 46.6 Å². The third-order valence-electron chi connectivity index (χ3n) is 4.11. The highest BCUT2D eigenvalue weighted by Crippen LogP contribution is 2.25. The van der Waals surface area contributed by atoms with E-state index < -0.39 is 0 Å². The number of ether oxygens (including phenoxy) is 1. The van der Waals surface area contributed by atoms with E-state index in [1.807, 2.05) is 13.0 Å². The molecule has 0 saturated heterocycles. The zero-order valence-electron chi connectivity index (χ0n) is 16.2. The maximum atomic E-state index is 12.8. The Morgan fingerprint density at radius 3 is 2.37 bits per heavy atom. The summed E-state index contributed by atoms with van der Waals surface area (Å²) in [5, 5.41) is 6.15. The molecule has 3 rings (SSSR count). The zero-order chi connectivity index (χ0) is 21.5. The molecule has 0 bridgehead atoms. The Bertz CT molecular complexity index is 1070. The Hall–Kier alpha value is -2.83. The molecule has 0 unspecified atom stereocenters. The lowest BCUT2D eigenvalue weighted by Gasteiger charge is -2.12. The Labute approximate surface area is 188 Å². The molecule has 0 spiro atoms. The van der Waals surface area contributed by atoms with Gasteiger partial charge in [-0.25, -0.2) is 0 Å². The van der Waals surface area contributed by atoms with Crippen molar-refractivity contribution >= 4 is 50.7 Å². The van der Waals surface area contributed by atoms with Crippen LogP contribution in [0, 0.1) is 0 Å². The fraction of sp³-hybridized carbons (Fsp3) is 0.130. The molecule has 3 aromatic carbocycles. The minimum absolute atomic E-state index is 0.303. The Kier molecular flexibility index (Phi) is 7.49. The molecule has 0 aliphatic heterocycles. The molecule has 0 heterocycles. The highest BCUT2D eigenvalue weighted by Gasteiger charge is 2.15. The summed E-state index contributed by atoms with van der Waals surface area (Å²) in [6.07, 6.45) is 0.834. The van der Waals surface area contributed by atoms with Gasteiger partial charge in [0, 0.05) is 26.4 Å². The number of hydrogen-bond donors (Lipinski definition) is 2. The molecule has 154 valence electrons. The number of halogens is 2. The molecule has 5 nitrogen and oxygen atoms in total. The molecule has 0 aromatic heterocycles. The van der Waals surface area contributed by atoms with Crippen LogP contribution in [0.15, 0.2) is 71.2 Å². The molecule has 30 heavy (non-hydrogen) atoms. The smallest absolute Gasteiger partial charge is 0.259 e. The van der Waals surface area contributed by atoms with Gasteiger partial charge in [0.25, 0.3) is 11.8 Å². The van der Waals surface area contributed by atoms with Crippen molar-refractivity contribution in [2.45, 2.75) is 13.3 Å². The quantitative estimate of drug-likeness (QED) is 0.405. The number of rotatable bonds is 7. The fourth-order valence-corrected chi connectivity index (χ4v) is 3.28. The lowest BCUT2D eigenvalue weighted by atomic mass is 10.1. The minimum atomic E-state index is -0.324. The highest BCUT2D eigenvalue weighted by atomic mass is 79.9. The number of amides is 2. The molecule has 2 N–H and O–H groups in total. The zero-order valence-corrected chi connectivity index (χ0v) is 18.6. The van der Waals surface area contributed by atoms with E-state index in [1.165, 1.54) is 0 Å². The van der Waals surface area contributed by atoms with Crippen molar-refractivity contribution in [3.63, 3.8) is 0 Å². The number of carbonyl (C=O) groups excluding carboxylic acids is 2. The van der Waals surface area contributed by atoms with Crippen LogP contribution in [0.5, 0.6) is 5.75 Å². The van der Waals surface area contributed by atoms with Gasteiger partial charge < -0.3 is 15.4 Å². The average molecular weight is 488 g/mol. The molecule has 3 aromatic rings. The van der Waals surface area contributed by atoms with Gasteiger partial charge in [-0.2, -0.15) is 0 Å². The fourth-order valence-electron chi connectivity index (χ4n) is 2.72. The van der Waals surface area contributed by atoms with Gasteiger partial charge >= 0.3 is 0 Å². The first-order valence-electron chi connectivity index (χ1n) is 9.37. The third kappa shape index (κ3) is 5.84. The Balaban J connectivity index is 1.76. The molecule has 0 fully saturated rings. The summed E-state index contributed by atoms with van der Waals surface area (Å²) in [6.45, 7) is 2.51. The number of carbonyl (C=O) groups is 2. The summed E-state index contributed by atoms with van der Waals surface area (Å²) in [5.41, 5.74) is 1.91. The highest BCUT2D eigenvalue weighted by molar-refractivity contribution is 9.10. The molecule has 0 aliphatic carbocycles. The van der Waals surface area contributed by atoms with Gasteiger partial charge in [-0.15, -0.1) is 0 Å². The summed E-state index contributed by atoms with van der Waals surface area (Å²) in [7, 11) is 0. The van der Waals surface area contributed by atoms with Crippen LogP contribution in [-0.4, -0.2) is 18.4 Å². The monoisotopic (exact) mass is 486 g/mol. The van der Waals surface area contributed by atoms with Crippen molar-refractivity contribution in [2.75, 3.05) is 17.2 Å². The molecular weight excluding hydrogens is 468 g/mol. The number of hydrogen-bond acceptors (Lipinski definition) is 3. The predicted octanol–water partition coefficient (Wildman–Crippen LogP) is 6.40. The molecule has 7 heteroatoms. The van der Waals surface area contributed by atoms with Gasteiger partial charge in [0.1, 0.15) is 5.75 Å². The maximum Gasteiger partial charge on any atom is 0.259 e. The summed E-state index contributed by atoms with van der Waals surface area (Å²) in [6, 6.07) is 18.9. The minimum Gasteiger partial charge on any atom is -0.493 e. The second-order valence-electron chi connectivity index (χ2n) is 6.49. The van der Waals surface area contributed by atoms with Crippen LogP contribution in [-0.2, 0) is 0 Å². The van der Waals surface area contributed by atoms with Gasteiger partial charge in [-0.05, 0) is 61.0 Å². The first-order chi connectivity index (χ1) is 14.5. The molecule has 2 amide bonds. The van der Waals surface area contributed by atoms with Crippen molar-refractivity contribution in [3.05, 3.63) is 87.4 Å². The first-order valence-corrected chi connectivity index (χ1v) is 10.5. The van der Waals surface area contributed by atoms with E-state index in [4.69, 9.17) is 16.3 Å². The van der Waals surface area contributed by atoms with Crippen LogP contribution in [0.1, 0.15) is 34.1 Å².